The van der Waals surface area contributed by atoms with E-state index in [1.807, 2.05) is 18.2 Å². The van der Waals surface area contributed by atoms with Crippen LogP contribution in [0.1, 0.15) is 33.4 Å². The molecule has 4 aliphatic rings. The smallest absolute Gasteiger partial charge is 0.314 e. The standard InChI is InChI=1S/C35H33BO2/c1-19-15-21(3)33(22(4)16-19)36(34-23(5)17-20(2)18-24(34)6)30-14-10-26-7-11-27-28(35(37)38)12-8-25-9-13-29(30)32(26)31(25)27/h7-18,28,32H,1-6H3,(H,37,38). The lowest BCUT2D eigenvalue weighted by atomic mass is 9.32. The highest BCUT2D eigenvalue weighted by Gasteiger charge is 2.41. The molecule has 6 rings (SSSR count). The summed E-state index contributed by atoms with van der Waals surface area (Å²) in [5.41, 5.74) is 17.6. The number of carboxylic acid groups (broad SMARTS) is 1. The normalized spacial score (nSPS) is 20.9. The lowest BCUT2D eigenvalue weighted by Crippen LogP contribution is -2.50. The highest BCUT2D eigenvalue weighted by Crippen LogP contribution is 2.49. The summed E-state index contributed by atoms with van der Waals surface area (Å²) in [7, 11) is 0. The molecule has 0 aromatic heterocycles. The maximum atomic E-state index is 12.1. The van der Waals surface area contributed by atoms with Crippen molar-refractivity contribution in [3.63, 3.8) is 0 Å². The fourth-order valence-corrected chi connectivity index (χ4v) is 7.38. The van der Waals surface area contributed by atoms with Gasteiger partial charge in [0.1, 0.15) is 5.92 Å². The van der Waals surface area contributed by atoms with Crippen LogP contribution in [0, 0.1) is 53.4 Å². The zero-order valence-corrected chi connectivity index (χ0v) is 23.0. The van der Waals surface area contributed by atoms with E-state index in [0.29, 0.717) is 0 Å². The van der Waals surface area contributed by atoms with Crippen LogP contribution in [-0.4, -0.2) is 17.8 Å². The number of aliphatic carboxylic acids is 1. The molecular weight excluding hydrogens is 463 g/mol. The van der Waals surface area contributed by atoms with Crippen LogP contribution in [0.25, 0.3) is 0 Å². The van der Waals surface area contributed by atoms with Crippen molar-refractivity contribution in [3.05, 3.63) is 140 Å². The average Bonchev–Trinajstić information content (AvgIpc) is 2.85. The second kappa shape index (κ2) is 8.87. The van der Waals surface area contributed by atoms with E-state index in [4.69, 9.17) is 0 Å². The van der Waals surface area contributed by atoms with Gasteiger partial charge in [0.25, 0.3) is 0 Å². The summed E-state index contributed by atoms with van der Waals surface area (Å²) in [4.78, 5) is 12.1. The number of allylic oxidation sites excluding steroid dienone is 12. The Morgan fingerprint density at radius 1 is 0.737 bits per heavy atom. The number of aryl methyl sites for hydroxylation is 6. The predicted octanol–water partition coefficient (Wildman–Crippen LogP) is 6.17. The van der Waals surface area contributed by atoms with Gasteiger partial charge in [-0.2, -0.15) is 0 Å². The van der Waals surface area contributed by atoms with Gasteiger partial charge in [-0.25, -0.2) is 0 Å². The third kappa shape index (κ3) is 3.68. The molecule has 2 atom stereocenters. The zero-order valence-electron chi connectivity index (χ0n) is 23.0. The Morgan fingerprint density at radius 2 is 1.32 bits per heavy atom. The van der Waals surface area contributed by atoms with Gasteiger partial charge in [-0.3, -0.25) is 4.79 Å². The average molecular weight is 496 g/mol. The molecule has 3 heteroatoms. The van der Waals surface area contributed by atoms with Crippen molar-refractivity contribution in [2.75, 3.05) is 0 Å². The molecule has 0 saturated heterocycles. The first kappa shape index (κ1) is 24.5. The number of rotatable bonds is 4. The molecule has 0 aliphatic heterocycles. The van der Waals surface area contributed by atoms with Crippen LogP contribution < -0.4 is 10.9 Å². The lowest BCUT2D eigenvalue weighted by Gasteiger charge is -2.39. The predicted molar refractivity (Wildman–Crippen MR) is 159 cm³/mol. The van der Waals surface area contributed by atoms with E-state index in [-0.39, 0.29) is 12.6 Å². The zero-order chi connectivity index (χ0) is 26.9. The van der Waals surface area contributed by atoms with E-state index < -0.39 is 11.9 Å². The van der Waals surface area contributed by atoms with Crippen molar-refractivity contribution < 1.29 is 9.90 Å². The highest BCUT2D eigenvalue weighted by atomic mass is 16.4. The summed E-state index contributed by atoms with van der Waals surface area (Å²) >= 11 is 0. The molecule has 188 valence electrons. The molecule has 0 amide bonds. The maximum absolute atomic E-state index is 12.1. The number of carboxylic acids is 1. The van der Waals surface area contributed by atoms with E-state index in [1.165, 1.54) is 60.9 Å². The van der Waals surface area contributed by atoms with Crippen molar-refractivity contribution in [2.24, 2.45) is 11.8 Å². The minimum Gasteiger partial charge on any atom is -0.481 e. The van der Waals surface area contributed by atoms with Gasteiger partial charge in [-0.1, -0.05) is 123 Å². The van der Waals surface area contributed by atoms with E-state index in [9.17, 15) is 9.90 Å². The minimum atomic E-state index is -0.794. The molecule has 1 N–H and O–H groups in total. The molecule has 0 radical (unpaired) electrons. The Kier molecular flexibility index (Phi) is 5.72. The van der Waals surface area contributed by atoms with Gasteiger partial charge in [-0.15, -0.1) is 0 Å². The fourth-order valence-electron chi connectivity index (χ4n) is 7.38. The lowest BCUT2D eigenvalue weighted by molar-refractivity contribution is -0.138. The fraction of sp³-hybridized carbons (Fsp3) is 0.229. The largest absolute Gasteiger partial charge is 0.481 e. The van der Waals surface area contributed by atoms with Crippen molar-refractivity contribution in [3.8, 4) is 0 Å². The summed E-state index contributed by atoms with van der Waals surface area (Å²) in [5.74, 6) is -1.34. The first-order chi connectivity index (χ1) is 18.2. The second-order valence-corrected chi connectivity index (χ2v) is 11.4. The molecule has 0 heterocycles. The Hall–Kier alpha value is -3.85. The Labute approximate surface area is 226 Å². The molecule has 2 nitrogen and oxygen atoms in total. The van der Waals surface area contributed by atoms with E-state index in [0.717, 1.165) is 16.7 Å². The Bertz CT molecular complexity index is 1550. The number of hydrogen-bond donors (Lipinski definition) is 1. The van der Waals surface area contributed by atoms with Crippen LogP contribution in [-0.2, 0) is 4.79 Å². The van der Waals surface area contributed by atoms with Crippen LogP contribution in [0.15, 0.2) is 106 Å². The number of benzene rings is 2. The van der Waals surface area contributed by atoms with E-state index in [1.54, 1.807) is 0 Å². The van der Waals surface area contributed by atoms with E-state index >= 15 is 0 Å². The summed E-state index contributed by atoms with van der Waals surface area (Å²) < 4.78 is 0. The van der Waals surface area contributed by atoms with Crippen molar-refractivity contribution >= 4 is 23.6 Å². The van der Waals surface area contributed by atoms with Gasteiger partial charge in [0, 0.05) is 5.92 Å². The van der Waals surface area contributed by atoms with Crippen LogP contribution >= 0.6 is 0 Å². The summed E-state index contributed by atoms with van der Waals surface area (Å²) in [6.45, 7) is 13.4. The molecule has 2 aromatic rings. The monoisotopic (exact) mass is 496 g/mol. The van der Waals surface area contributed by atoms with Crippen LogP contribution in [0.5, 0.6) is 0 Å². The maximum Gasteiger partial charge on any atom is 0.314 e. The molecule has 38 heavy (non-hydrogen) atoms. The first-order valence-corrected chi connectivity index (χ1v) is 13.5. The van der Waals surface area contributed by atoms with E-state index in [2.05, 4.69) is 96.2 Å². The molecule has 0 bridgehead atoms. The number of hydrogen-bond acceptors (Lipinski definition) is 1. The third-order valence-electron chi connectivity index (χ3n) is 8.68. The quantitative estimate of drug-likeness (QED) is 0.514. The molecule has 2 unspecified atom stereocenters. The van der Waals surface area contributed by atoms with Crippen LogP contribution in [0.3, 0.4) is 0 Å². The summed E-state index contributed by atoms with van der Waals surface area (Å²) in [6, 6.07) is 9.22. The summed E-state index contributed by atoms with van der Waals surface area (Å²) in [6.07, 6.45) is 17.0. The first-order valence-electron chi connectivity index (χ1n) is 13.5. The van der Waals surface area contributed by atoms with Crippen molar-refractivity contribution in [1.29, 1.82) is 0 Å². The molecular formula is C35H33BO2. The molecule has 4 aliphatic carbocycles. The van der Waals surface area contributed by atoms with Gasteiger partial charge in [0.05, 0.1) is 0 Å². The van der Waals surface area contributed by atoms with Gasteiger partial charge in [0.15, 0.2) is 0 Å². The van der Waals surface area contributed by atoms with Gasteiger partial charge in [-0.05, 0) is 69.4 Å². The van der Waals surface area contributed by atoms with Crippen molar-refractivity contribution in [2.45, 2.75) is 41.5 Å². The van der Waals surface area contributed by atoms with Crippen molar-refractivity contribution in [1.82, 2.24) is 0 Å². The Morgan fingerprint density at radius 3 is 1.87 bits per heavy atom. The molecule has 0 saturated carbocycles. The molecule has 0 spiro atoms. The SMILES string of the molecule is Cc1cc(C)c(B(C2=C3C=CC4=C5C(=CC=C(C=C2)C35)C(C(=O)O)C=C4)c2c(C)cc(C)cc2C)c(C)c1. The second-order valence-electron chi connectivity index (χ2n) is 11.4. The number of carbonyl (C=O) groups is 1. The third-order valence-corrected chi connectivity index (χ3v) is 8.68. The Balaban J connectivity index is 1.63. The topological polar surface area (TPSA) is 37.3 Å². The summed E-state index contributed by atoms with van der Waals surface area (Å²) in [5, 5.41) is 9.97. The van der Waals surface area contributed by atoms with Crippen LogP contribution in [0.4, 0.5) is 0 Å². The van der Waals surface area contributed by atoms with Crippen LogP contribution in [0.2, 0.25) is 0 Å². The molecule has 2 aromatic carbocycles. The minimum absolute atomic E-state index is 0.0569. The van der Waals surface area contributed by atoms with Gasteiger partial charge >= 0.3 is 5.97 Å². The van der Waals surface area contributed by atoms with Gasteiger partial charge in [0.2, 0.25) is 6.71 Å². The molecule has 0 fully saturated rings. The highest BCUT2D eigenvalue weighted by molar-refractivity contribution is 6.92. The van der Waals surface area contributed by atoms with Gasteiger partial charge < -0.3 is 5.11 Å².